The number of carbonyl (C=O) groups excluding carboxylic acids is 1. The number of fused-ring (bicyclic) bond motifs is 1. The first-order valence-electron chi connectivity index (χ1n) is 7.80. The van der Waals surface area contributed by atoms with Gasteiger partial charge in [0.25, 0.3) is 16.1 Å². The van der Waals surface area contributed by atoms with E-state index in [0.717, 1.165) is 24.8 Å². The van der Waals surface area contributed by atoms with Crippen molar-refractivity contribution >= 4 is 21.8 Å². The van der Waals surface area contributed by atoms with Crippen LogP contribution in [0.3, 0.4) is 0 Å². The minimum atomic E-state index is -3.50. The third kappa shape index (κ3) is 3.65. The molecule has 8 heteroatoms. The SMILES string of the molecule is C[C@H](NS(=O)(=O)N1CCCCC1)c1ccc2c(c1)NC(=O)CO2. The summed E-state index contributed by atoms with van der Waals surface area (Å²) in [5, 5.41) is 2.73. The van der Waals surface area contributed by atoms with Crippen molar-refractivity contribution < 1.29 is 17.9 Å². The van der Waals surface area contributed by atoms with Crippen molar-refractivity contribution in [2.24, 2.45) is 0 Å². The molecule has 0 unspecified atom stereocenters. The van der Waals surface area contributed by atoms with Gasteiger partial charge >= 0.3 is 0 Å². The highest BCUT2D eigenvalue weighted by Gasteiger charge is 2.26. The summed E-state index contributed by atoms with van der Waals surface area (Å²) in [6.07, 6.45) is 2.88. The second kappa shape index (κ2) is 6.46. The molecular weight excluding hydrogens is 318 g/mol. The Balaban J connectivity index is 1.74. The highest BCUT2D eigenvalue weighted by atomic mass is 32.2. The third-order valence-electron chi connectivity index (χ3n) is 4.12. The highest BCUT2D eigenvalue weighted by molar-refractivity contribution is 7.87. The fourth-order valence-electron chi connectivity index (χ4n) is 2.84. The third-order valence-corrected chi connectivity index (χ3v) is 5.81. The van der Waals surface area contributed by atoms with Crippen LogP contribution in [0.25, 0.3) is 0 Å². The zero-order chi connectivity index (χ0) is 16.4. The standard InChI is InChI=1S/C15H21N3O4S/c1-11(17-23(20,21)18-7-3-2-4-8-18)12-5-6-14-13(9-12)16-15(19)10-22-14/h5-6,9,11,17H,2-4,7-8,10H2,1H3,(H,16,19)/t11-/m0/s1. The van der Waals surface area contributed by atoms with Gasteiger partial charge in [-0.25, -0.2) is 0 Å². The van der Waals surface area contributed by atoms with Gasteiger partial charge in [0.05, 0.1) is 5.69 Å². The van der Waals surface area contributed by atoms with Gasteiger partial charge in [-0.2, -0.15) is 17.4 Å². The number of nitrogens with zero attached hydrogens (tertiary/aromatic N) is 1. The molecule has 0 aromatic heterocycles. The maximum atomic E-state index is 12.4. The van der Waals surface area contributed by atoms with Crippen molar-refractivity contribution in [3.8, 4) is 5.75 Å². The summed E-state index contributed by atoms with van der Waals surface area (Å²) in [7, 11) is -3.50. The molecule has 0 radical (unpaired) electrons. The second-order valence-electron chi connectivity index (χ2n) is 5.90. The van der Waals surface area contributed by atoms with Gasteiger partial charge in [0.15, 0.2) is 6.61 Å². The molecule has 7 nitrogen and oxygen atoms in total. The zero-order valence-electron chi connectivity index (χ0n) is 13.0. The van der Waals surface area contributed by atoms with Crippen molar-refractivity contribution in [1.82, 2.24) is 9.03 Å². The van der Waals surface area contributed by atoms with E-state index in [1.807, 2.05) is 0 Å². The summed E-state index contributed by atoms with van der Waals surface area (Å²) in [4.78, 5) is 11.4. The molecule has 1 aromatic carbocycles. The lowest BCUT2D eigenvalue weighted by molar-refractivity contribution is -0.118. The van der Waals surface area contributed by atoms with Crippen LogP contribution in [0.4, 0.5) is 5.69 Å². The van der Waals surface area contributed by atoms with E-state index < -0.39 is 16.3 Å². The van der Waals surface area contributed by atoms with Gasteiger partial charge in [-0.15, -0.1) is 0 Å². The van der Waals surface area contributed by atoms with Gasteiger partial charge in [-0.05, 0) is 37.5 Å². The molecule has 3 rings (SSSR count). The molecule has 0 aliphatic carbocycles. The van der Waals surface area contributed by atoms with Gasteiger partial charge in [-0.3, -0.25) is 4.79 Å². The minimum Gasteiger partial charge on any atom is -0.482 e. The lowest BCUT2D eigenvalue weighted by atomic mass is 10.1. The summed E-state index contributed by atoms with van der Waals surface area (Å²) in [5.74, 6) is 0.385. The molecule has 2 N–H and O–H groups in total. The Morgan fingerprint density at radius 1 is 1.26 bits per heavy atom. The summed E-state index contributed by atoms with van der Waals surface area (Å²) >= 11 is 0. The molecule has 2 heterocycles. The topological polar surface area (TPSA) is 87.7 Å². The number of hydrogen-bond acceptors (Lipinski definition) is 4. The largest absolute Gasteiger partial charge is 0.482 e. The molecule has 1 saturated heterocycles. The molecule has 0 bridgehead atoms. The molecule has 2 aliphatic heterocycles. The molecule has 1 amide bonds. The average molecular weight is 339 g/mol. The van der Waals surface area contributed by atoms with E-state index >= 15 is 0 Å². The maximum absolute atomic E-state index is 12.4. The molecule has 1 atom stereocenters. The number of piperidine rings is 1. The Kier molecular flexibility index (Phi) is 4.56. The van der Waals surface area contributed by atoms with Crippen LogP contribution in [0.2, 0.25) is 0 Å². The molecule has 0 spiro atoms. The van der Waals surface area contributed by atoms with Crippen molar-refractivity contribution in [3.05, 3.63) is 23.8 Å². The fourth-order valence-corrected chi connectivity index (χ4v) is 4.31. The van der Waals surface area contributed by atoms with Crippen LogP contribution < -0.4 is 14.8 Å². The molecule has 23 heavy (non-hydrogen) atoms. The Labute approximate surface area is 136 Å². The number of rotatable bonds is 4. The van der Waals surface area contributed by atoms with Gasteiger partial charge < -0.3 is 10.1 Å². The summed E-state index contributed by atoms with van der Waals surface area (Å²) in [6, 6.07) is 4.90. The van der Waals surface area contributed by atoms with E-state index in [0.29, 0.717) is 24.5 Å². The summed E-state index contributed by atoms with van der Waals surface area (Å²) < 4.78 is 34.4. The quantitative estimate of drug-likeness (QED) is 0.868. The number of anilines is 1. The number of nitrogens with one attached hydrogen (secondary N) is 2. The first-order valence-corrected chi connectivity index (χ1v) is 9.24. The van der Waals surface area contributed by atoms with Crippen molar-refractivity contribution in [2.45, 2.75) is 32.2 Å². The van der Waals surface area contributed by atoms with Crippen LogP contribution in [0.1, 0.15) is 37.8 Å². The smallest absolute Gasteiger partial charge is 0.279 e. The molecule has 0 saturated carbocycles. The first kappa shape index (κ1) is 16.2. The Morgan fingerprint density at radius 3 is 2.74 bits per heavy atom. The second-order valence-corrected chi connectivity index (χ2v) is 7.60. The Bertz CT molecular complexity index is 699. The van der Waals surface area contributed by atoms with Gasteiger partial charge in [0.2, 0.25) is 0 Å². The van der Waals surface area contributed by atoms with Crippen molar-refractivity contribution in [2.75, 3.05) is 25.0 Å². The van der Waals surface area contributed by atoms with Gasteiger partial charge in [0, 0.05) is 19.1 Å². The van der Waals surface area contributed by atoms with Crippen LogP contribution in [0, 0.1) is 0 Å². The van der Waals surface area contributed by atoms with Crippen molar-refractivity contribution in [1.29, 1.82) is 0 Å². The Hall–Kier alpha value is -1.64. The fraction of sp³-hybridized carbons (Fsp3) is 0.533. The first-order chi connectivity index (χ1) is 11.0. The van der Waals surface area contributed by atoms with E-state index in [4.69, 9.17) is 4.74 Å². The average Bonchev–Trinajstić information content (AvgIpc) is 2.54. The summed E-state index contributed by atoms with van der Waals surface area (Å²) in [5.41, 5.74) is 1.35. The number of amides is 1. The number of hydrogen-bond donors (Lipinski definition) is 2. The zero-order valence-corrected chi connectivity index (χ0v) is 13.9. The van der Waals surface area contributed by atoms with Gasteiger partial charge in [-0.1, -0.05) is 12.5 Å². The Morgan fingerprint density at radius 2 is 2.00 bits per heavy atom. The molecule has 2 aliphatic rings. The van der Waals surface area contributed by atoms with E-state index in [1.54, 1.807) is 25.1 Å². The van der Waals surface area contributed by atoms with Crippen LogP contribution in [-0.4, -0.2) is 38.3 Å². The molecular formula is C15H21N3O4S. The van der Waals surface area contributed by atoms with Gasteiger partial charge in [0.1, 0.15) is 5.75 Å². The van der Waals surface area contributed by atoms with E-state index in [1.165, 1.54) is 4.31 Å². The predicted molar refractivity (Wildman–Crippen MR) is 86.5 cm³/mol. The number of benzene rings is 1. The number of ether oxygens (including phenoxy) is 1. The van der Waals surface area contributed by atoms with Crippen LogP contribution in [-0.2, 0) is 15.0 Å². The van der Waals surface area contributed by atoms with E-state index in [2.05, 4.69) is 10.0 Å². The minimum absolute atomic E-state index is 0.00346. The normalized spacial score (nSPS) is 20.3. The molecule has 1 fully saturated rings. The lowest BCUT2D eigenvalue weighted by Crippen LogP contribution is -2.44. The van der Waals surface area contributed by atoms with Crippen LogP contribution in [0.5, 0.6) is 5.75 Å². The maximum Gasteiger partial charge on any atom is 0.279 e. The van der Waals surface area contributed by atoms with Crippen LogP contribution in [0.15, 0.2) is 18.2 Å². The van der Waals surface area contributed by atoms with E-state index in [-0.39, 0.29) is 12.5 Å². The monoisotopic (exact) mass is 339 g/mol. The van der Waals surface area contributed by atoms with Crippen LogP contribution >= 0.6 is 0 Å². The summed E-state index contributed by atoms with van der Waals surface area (Å²) in [6.45, 7) is 2.92. The van der Waals surface area contributed by atoms with Crippen molar-refractivity contribution in [3.63, 3.8) is 0 Å². The molecule has 126 valence electrons. The van der Waals surface area contributed by atoms with E-state index in [9.17, 15) is 13.2 Å². The number of carbonyl (C=O) groups is 1. The lowest BCUT2D eigenvalue weighted by Gasteiger charge is -2.28. The predicted octanol–water partition coefficient (Wildman–Crippen LogP) is 1.40. The highest BCUT2D eigenvalue weighted by Crippen LogP contribution is 2.30. The molecule has 1 aromatic rings.